The zero-order chi connectivity index (χ0) is 13.4. The third kappa shape index (κ3) is 1.98. The van der Waals surface area contributed by atoms with Crippen LogP contribution >= 0.6 is 11.3 Å². The molecule has 19 heavy (non-hydrogen) atoms. The summed E-state index contributed by atoms with van der Waals surface area (Å²) in [6.07, 6.45) is 0.327. The number of H-pyrrole nitrogens is 1. The predicted octanol–water partition coefficient (Wildman–Crippen LogP) is 1.59. The summed E-state index contributed by atoms with van der Waals surface area (Å²) in [6.45, 7) is 1.74. The van der Waals surface area contributed by atoms with E-state index < -0.39 is 0 Å². The number of aryl methyl sites for hydroxylation is 1. The molecule has 0 saturated carbocycles. The van der Waals surface area contributed by atoms with Gasteiger partial charge in [-0.1, -0.05) is 0 Å². The van der Waals surface area contributed by atoms with Crippen LogP contribution in [0.15, 0.2) is 27.7 Å². The average molecular weight is 275 g/mol. The molecule has 0 aliphatic carbocycles. The van der Waals surface area contributed by atoms with Crippen molar-refractivity contribution in [2.75, 3.05) is 6.61 Å². The molecule has 0 saturated heterocycles. The third-order valence-electron chi connectivity index (χ3n) is 3.11. The Balaban J connectivity index is 2.24. The molecule has 0 aliphatic heterocycles. The molecular formula is C13H13N3O2S. The highest BCUT2D eigenvalue weighted by Crippen LogP contribution is 2.21. The number of hydrogen-bond acceptors (Lipinski definition) is 4. The lowest BCUT2D eigenvalue weighted by Crippen LogP contribution is -2.22. The highest BCUT2D eigenvalue weighted by atomic mass is 32.1. The fourth-order valence-corrected chi connectivity index (χ4v) is 2.79. The Bertz CT molecular complexity index is 771. The topological polar surface area (TPSA) is 70.4 Å². The van der Waals surface area contributed by atoms with Crippen LogP contribution in [0.1, 0.15) is 11.3 Å². The molecule has 0 fully saturated rings. The molecule has 98 valence electrons. The number of fused-ring (bicyclic) bond motifs is 1. The Morgan fingerprint density at radius 3 is 3.05 bits per heavy atom. The highest BCUT2D eigenvalue weighted by Gasteiger charge is 2.12. The molecule has 3 aromatic heterocycles. The SMILES string of the molecule is Cc1nc2cc(-c3ccsc3)[nH]n2c(=O)c1CCO. The van der Waals surface area contributed by atoms with E-state index in [2.05, 4.69) is 10.1 Å². The van der Waals surface area contributed by atoms with Crippen molar-refractivity contribution in [3.63, 3.8) is 0 Å². The summed E-state index contributed by atoms with van der Waals surface area (Å²) in [5.74, 6) is 0. The summed E-state index contributed by atoms with van der Waals surface area (Å²) < 4.78 is 1.44. The lowest BCUT2D eigenvalue weighted by Gasteiger charge is -2.02. The maximum atomic E-state index is 12.3. The second-order valence-corrected chi connectivity index (χ2v) is 5.11. The standard InChI is InChI=1S/C13H13N3O2S/c1-8-10(2-4-17)13(18)16-12(14-8)6-11(15-16)9-3-5-19-7-9/h3,5-7,15,17H,2,4H2,1H3. The average Bonchev–Trinajstić information content (AvgIpc) is 3.02. The van der Waals surface area contributed by atoms with Gasteiger partial charge in [0.2, 0.25) is 0 Å². The minimum atomic E-state index is -0.141. The van der Waals surface area contributed by atoms with Crippen molar-refractivity contribution in [2.24, 2.45) is 0 Å². The lowest BCUT2D eigenvalue weighted by molar-refractivity contribution is 0.298. The van der Waals surface area contributed by atoms with Gasteiger partial charge in [0.1, 0.15) is 0 Å². The van der Waals surface area contributed by atoms with Gasteiger partial charge in [-0.3, -0.25) is 9.89 Å². The van der Waals surface area contributed by atoms with E-state index in [1.165, 1.54) is 4.52 Å². The van der Waals surface area contributed by atoms with E-state index in [9.17, 15) is 4.79 Å². The fraction of sp³-hybridized carbons (Fsp3) is 0.231. The smallest absolute Gasteiger partial charge is 0.276 e. The van der Waals surface area contributed by atoms with Crippen LogP contribution in [0, 0.1) is 6.92 Å². The Hall–Kier alpha value is -1.92. The summed E-state index contributed by atoms with van der Waals surface area (Å²) in [6, 6.07) is 3.85. The highest BCUT2D eigenvalue weighted by molar-refractivity contribution is 7.08. The Morgan fingerprint density at radius 1 is 1.53 bits per heavy atom. The van der Waals surface area contributed by atoms with E-state index in [1.54, 1.807) is 18.3 Å². The maximum Gasteiger partial charge on any atom is 0.276 e. The first-order valence-electron chi connectivity index (χ1n) is 5.95. The minimum absolute atomic E-state index is 0.0536. The monoisotopic (exact) mass is 275 g/mol. The Kier molecular flexibility index (Phi) is 2.96. The Morgan fingerprint density at radius 2 is 2.37 bits per heavy atom. The molecular weight excluding hydrogens is 262 g/mol. The van der Waals surface area contributed by atoms with Crippen LogP contribution in [0.4, 0.5) is 0 Å². The van der Waals surface area contributed by atoms with Crippen LogP contribution < -0.4 is 5.56 Å². The van der Waals surface area contributed by atoms with Gasteiger partial charge in [0, 0.05) is 41.3 Å². The van der Waals surface area contributed by atoms with Crippen molar-refractivity contribution < 1.29 is 5.11 Å². The van der Waals surface area contributed by atoms with Gasteiger partial charge in [-0.05, 0) is 18.4 Å². The van der Waals surface area contributed by atoms with E-state index >= 15 is 0 Å². The summed E-state index contributed by atoms with van der Waals surface area (Å²) >= 11 is 1.60. The van der Waals surface area contributed by atoms with Gasteiger partial charge in [0.25, 0.3) is 5.56 Å². The molecule has 5 nitrogen and oxygen atoms in total. The van der Waals surface area contributed by atoms with E-state index in [0.717, 1.165) is 11.3 Å². The van der Waals surface area contributed by atoms with Crippen LogP contribution in [-0.2, 0) is 6.42 Å². The van der Waals surface area contributed by atoms with Crippen molar-refractivity contribution in [1.29, 1.82) is 0 Å². The number of aromatic amines is 1. The lowest BCUT2D eigenvalue weighted by atomic mass is 10.2. The van der Waals surface area contributed by atoms with Gasteiger partial charge < -0.3 is 5.11 Å². The van der Waals surface area contributed by atoms with Crippen LogP contribution in [0.25, 0.3) is 16.9 Å². The predicted molar refractivity (Wildman–Crippen MR) is 74.7 cm³/mol. The van der Waals surface area contributed by atoms with Gasteiger partial charge >= 0.3 is 0 Å². The van der Waals surface area contributed by atoms with Crippen LogP contribution in [0.2, 0.25) is 0 Å². The first-order valence-corrected chi connectivity index (χ1v) is 6.89. The zero-order valence-corrected chi connectivity index (χ0v) is 11.2. The van der Waals surface area contributed by atoms with Gasteiger partial charge in [0.15, 0.2) is 5.65 Å². The molecule has 0 amide bonds. The van der Waals surface area contributed by atoms with Crippen molar-refractivity contribution >= 4 is 17.0 Å². The first kappa shape index (κ1) is 12.1. The number of nitrogens with one attached hydrogen (secondary N) is 1. The largest absolute Gasteiger partial charge is 0.396 e. The molecule has 0 bridgehead atoms. The zero-order valence-electron chi connectivity index (χ0n) is 10.4. The van der Waals surface area contributed by atoms with Crippen molar-refractivity contribution in [3.8, 4) is 11.3 Å². The Labute approximate surface area is 113 Å². The minimum Gasteiger partial charge on any atom is -0.396 e. The second-order valence-electron chi connectivity index (χ2n) is 4.33. The van der Waals surface area contributed by atoms with E-state index in [1.807, 2.05) is 22.9 Å². The number of hydrogen-bond donors (Lipinski definition) is 2. The summed E-state index contributed by atoms with van der Waals surface area (Å²) in [7, 11) is 0. The van der Waals surface area contributed by atoms with Crippen molar-refractivity contribution in [2.45, 2.75) is 13.3 Å². The molecule has 3 rings (SSSR count). The van der Waals surface area contributed by atoms with E-state index in [-0.39, 0.29) is 12.2 Å². The second kappa shape index (κ2) is 4.64. The fourth-order valence-electron chi connectivity index (χ4n) is 2.13. The number of nitrogens with zero attached hydrogens (tertiary/aromatic N) is 2. The molecule has 0 atom stereocenters. The molecule has 2 N–H and O–H groups in total. The molecule has 6 heteroatoms. The molecule has 0 aliphatic rings. The summed E-state index contributed by atoms with van der Waals surface area (Å²) in [4.78, 5) is 16.7. The normalized spacial score (nSPS) is 11.3. The molecule has 0 aromatic carbocycles. The molecule has 0 spiro atoms. The number of rotatable bonds is 3. The molecule has 3 heterocycles. The van der Waals surface area contributed by atoms with E-state index in [4.69, 9.17) is 5.11 Å². The summed E-state index contributed by atoms with van der Waals surface area (Å²) in [5.41, 5.74) is 3.60. The first-order chi connectivity index (χ1) is 9.20. The van der Waals surface area contributed by atoms with Gasteiger partial charge in [-0.25, -0.2) is 9.50 Å². The molecule has 0 unspecified atom stereocenters. The van der Waals surface area contributed by atoms with E-state index in [0.29, 0.717) is 23.3 Å². The number of aliphatic hydroxyl groups is 1. The van der Waals surface area contributed by atoms with Crippen LogP contribution in [0.5, 0.6) is 0 Å². The number of aliphatic hydroxyl groups excluding tert-OH is 1. The number of thiophene rings is 1. The molecule has 0 radical (unpaired) electrons. The van der Waals surface area contributed by atoms with Crippen LogP contribution in [-0.4, -0.2) is 26.3 Å². The summed E-state index contributed by atoms with van der Waals surface area (Å²) in [5, 5.41) is 16.1. The van der Waals surface area contributed by atoms with Crippen LogP contribution in [0.3, 0.4) is 0 Å². The van der Waals surface area contributed by atoms with Gasteiger partial charge in [-0.2, -0.15) is 11.3 Å². The molecule has 3 aromatic rings. The maximum absolute atomic E-state index is 12.3. The van der Waals surface area contributed by atoms with Gasteiger partial charge in [-0.15, -0.1) is 0 Å². The quantitative estimate of drug-likeness (QED) is 0.762. The number of aromatic nitrogens is 3. The van der Waals surface area contributed by atoms with Gasteiger partial charge in [0.05, 0.1) is 5.69 Å². The van der Waals surface area contributed by atoms with Crippen molar-refractivity contribution in [3.05, 3.63) is 44.5 Å². The third-order valence-corrected chi connectivity index (χ3v) is 3.79. The van der Waals surface area contributed by atoms with Crippen molar-refractivity contribution in [1.82, 2.24) is 14.6 Å².